The average molecular weight is 637 g/mol. The van der Waals surface area contributed by atoms with Crippen LogP contribution in [0.15, 0.2) is 84.0 Å². The summed E-state index contributed by atoms with van der Waals surface area (Å²) in [4.78, 5) is 68.6. The van der Waals surface area contributed by atoms with Gasteiger partial charge < -0.3 is 21.3 Å². The molecule has 3 aromatic rings. The fraction of sp³-hybridized carbons (Fsp3) is 0.290. The topological polar surface area (TPSA) is 207 Å². The molecule has 0 fully saturated rings. The highest BCUT2D eigenvalue weighted by molar-refractivity contribution is 7.89. The lowest BCUT2D eigenvalue weighted by Crippen LogP contribution is -2.57. The van der Waals surface area contributed by atoms with Crippen LogP contribution in [0.25, 0.3) is 0 Å². The third-order valence-corrected chi connectivity index (χ3v) is 7.66. The van der Waals surface area contributed by atoms with E-state index >= 15 is 0 Å². The number of benzene rings is 2. The van der Waals surface area contributed by atoms with E-state index in [1.807, 2.05) is 6.07 Å². The fourth-order valence-corrected chi connectivity index (χ4v) is 4.82. The zero-order chi connectivity index (χ0) is 33.1. The van der Waals surface area contributed by atoms with Crippen LogP contribution in [0.5, 0.6) is 0 Å². The lowest BCUT2D eigenvalue weighted by molar-refractivity contribution is -0.141. The summed E-state index contributed by atoms with van der Waals surface area (Å²) in [6.07, 6.45) is 3.05. The molecule has 6 N–H and O–H groups in total. The van der Waals surface area contributed by atoms with Crippen molar-refractivity contribution in [2.45, 2.75) is 56.8 Å². The van der Waals surface area contributed by atoms with E-state index in [1.54, 1.807) is 44.2 Å². The number of Topliss-reactive ketones (excluding diaryl/α,β-unsaturated/α-hetero) is 1. The molecule has 0 saturated carbocycles. The van der Waals surface area contributed by atoms with Crippen LogP contribution in [0.2, 0.25) is 0 Å². The van der Waals surface area contributed by atoms with E-state index in [9.17, 15) is 32.4 Å². The zero-order valence-electron chi connectivity index (χ0n) is 25.0. The summed E-state index contributed by atoms with van der Waals surface area (Å²) in [5.74, 6) is -4.26. The van der Waals surface area contributed by atoms with Crippen molar-refractivity contribution < 1.29 is 32.4 Å². The molecule has 14 heteroatoms. The number of rotatable bonds is 14. The molecule has 13 nitrogen and oxygen atoms in total. The molecular formula is C31H36N6O7S. The van der Waals surface area contributed by atoms with E-state index in [0.29, 0.717) is 11.1 Å². The van der Waals surface area contributed by atoms with Crippen molar-refractivity contribution in [1.29, 1.82) is 0 Å². The molecule has 45 heavy (non-hydrogen) atoms. The summed E-state index contributed by atoms with van der Waals surface area (Å²) in [7, 11) is -3.96. The Morgan fingerprint density at radius 2 is 1.44 bits per heavy atom. The first-order valence-electron chi connectivity index (χ1n) is 14.1. The van der Waals surface area contributed by atoms with Gasteiger partial charge >= 0.3 is 0 Å². The van der Waals surface area contributed by atoms with Gasteiger partial charge in [-0.05, 0) is 48.2 Å². The number of nitrogens with two attached hydrogens (primary N) is 1. The molecule has 0 bridgehead atoms. The molecule has 0 radical (unpaired) electrons. The van der Waals surface area contributed by atoms with Crippen LogP contribution in [0, 0.1) is 5.92 Å². The van der Waals surface area contributed by atoms with Gasteiger partial charge in [0.25, 0.3) is 11.8 Å². The van der Waals surface area contributed by atoms with Crippen molar-refractivity contribution in [3.05, 3.63) is 95.8 Å². The van der Waals surface area contributed by atoms with Gasteiger partial charge in [-0.3, -0.25) is 29.0 Å². The Morgan fingerprint density at radius 1 is 0.800 bits per heavy atom. The number of ketones is 1. The van der Waals surface area contributed by atoms with E-state index in [4.69, 9.17) is 5.14 Å². The Labute approximate surface area is 261 Å². The van der Waals surface area contributed by atoms with E-state index in [1.165, 1.54) is 49.6 Å². The van der Waals surface area contributed by atoms with Crippen molar-refractivity contribution in [3.8, 4) is 0 Å². The first-order valence-corrected chi connectivity index (χ1v) is 15.6. The van der Waals surface area contributed by atoms with Crippen LogP contribution in [0.1, 0.15) is 42.3 Å². The summed E-state index contributed by atoms with van der Waals surface area (Å²) in [5, 5.41) is 15.4. The first-order chi connectivity index (χ1) is 21.3. The molecular weight excluding hydrogens is 600 g/mol. The molecule has 3 rings (SSSR count). The summed E-state index contributed by atoms with van der Waals surface area (Å²) in [6.45, 7) is 4.53. The van der Waals surface area contributed by atoms with Crippen LogP contribution in [0.4, 0.5) is 0 Å². The van der Waals surface area contributed by atoms with Crippen LogP contribution < -0.4 is 26.4 Å². The number of nitrogens with one attached hydrogen (secondary N) is 4. The minimum Gasteiger partial charge on any atom is -0.345 e. The largest absolute Gasteiger partial charge is 0.345 e. The third-order valence-electron chi connectivity index (χ3n) is 6.75. The third kappa shape index (κ3) is 10.3. The fourth-order valence-electron chi connectivity index (χ4n) is 4.24. The van der Waals surface area contributed by atoms with Crippen LogP contribution in [-0.4, -0.2) is 60.9 Å². The highest BCUT2D eigenvalue weighted by atomic mass is 32.2. The molecule has 1 heterocycles. The molecule has 0 spiro atoms. The molecule has 0 saturated heterocycles. The highest BCUT2D eigenvalue weighted by Crippen LogP contribution is 2.11. The number of primary sulfonamides is 1. The Hall–Kier alpha value is -4.95. The number of carbonyl (C=O) groups is 5. The number of hydrogen-bond donors (Lipinski definition) is 5. The Bertz CT molecular complexity index is 1630. The predicted octanol–water partition coefficient (Wildman–Crippen LogP) is 0.601. The minimum absolute atomic E-state index is 0.144. The van der Waals surface area contributed by atoms with Gasteiger partial charge in [-0.2, -0.15) is 0 Å². The van der Waals surface area contributed by atoms with Gasteiger partial charge in [0.2, 0.25) is 27.6 Å². The van der Waals surface area contributed by atoms with Crippen molar-refractivity contribution in [2.24, 2.45) is 11.1 Å². The van der Waals surface area contributed by atoms with Crippen molar-refractivity contribution in [3.63, 3.8) is 0 Å². The van der Waals surface area contributed by atoms with Gasteiger partial charge in [0, 0.05) is 30.9 Å². The summed E-state index contributed by atoms with van der Waals surface area (Å²) < 4.78 is 23.2. The molecule has 3 atom stereocenters. The summed E-state index contributed by atoms with van der Waals surface area (Å²) in [5.41, 5.74) is 1.47. The van der Waals surface area contributed by atoms with E-state index in [-0.39, 0.29) is 17.9 Å². The second-order valence-electron chi connectivity index (χ2n) is 10.7. The minimum atomic E-state index is -3.96. The lowest BCUT2D eigenvalue weighted by atomic mass is 9.98. The Kier molecular flexibility index (Phi) is 12.0. The summed E-state index contributed by atoms with van der Waals surface area (Å²) in [6, 6.07) is 14.2. The number of pyridine rings is 1. The van der Waals surface area contributed by atoms with Crippen LogP contribution >= 0.6 is 0 Å². The lowest BCUT2D eigenvalue weighted by Gasteiger charge is -2.25. The average Bonchev–Trinajstić information content (AvgIpc) is 3.02. The number of carbonyl (C=O) groups excluding carboxylic acids is 5. The molecule has 1 aromatic heterocycles. The van der Waals surface area contributed by atoms with Gasteiger partial charge in [-0.1, -0.05) is 56.3 Å². The maximum atomic E-state index is 13.3. The molecule has 0 aliphatic rings. The molecule has 2 aromatic carbocycles. The number of nitrogens with zero attached hydrogens (tertiary/aromatic N) is 1. The molecule has 4 amide bonds. The predicted molar refractivity (Wildman–Crippen MR) is 165 cm³/mol. The van der Waals surface area contributed by atoms with Gasteiger partial charge in [-0.15, -0.1) is 0 Å². The summed E-state index contributed by atoms with van der Waals surface area (Å²) >= 11 is 0. The van der Waals surface area contributed by atoms with Gasteiger partial charge in [0.15, 0.2) is 0 Å². The van der Waals surface area contributed by atoms with Gasteiger partial charge in [0.1, 0.15) is 12.1 Å². The molecule has 238 valence electrons. The van der Waals surface area contributed by atoms with Crippen LogP contribution in [0.3, 0.4) is 0 Å². The maximum Gasteiger partial charge on any atom is 0.289 e. The van der Waals surface area contributed by atoms with Gasteiger partial charge in [-0.25, -0.2) is 13.6 Å². The first kappa shape index (κ1) is 34.5. The molecule has 3 unspecified atom stereocenters. The maximum absolute atomic E-state index is 13.3. The smallest absolute Gasteiger partial charge is 0.289 e. The Morgan fingerprint density at radius 3 is 2.07 bits per heavy atom. The van der Waals surface area contributed by atoms with E-state index in [2.05, 4.69) is 26.3 Å². The van der Waals surface area contributed by atoms with Crippen molar-refractivity contribution in [2.75, 3.05) is 0 Å². The van der Waals surface area contributed by atoms with Crippen molar-refractivity contribution in [1.82, 2.24) is 26.3 Å². The highest BCUT2D eigenvalue weighted by Gasteiger charge is 2.32. The number of hydrogen-bond acceptors (Lipinski definition) is 8. The molecule has 0 aliphatic heterocycles. The standard InChI is InChI=1S/C31H36N6O7S/c1-19(2)26(27(38)31(42)34-18-22-10-7-11-24(16-22)45(32,43)44)37-28(39)20(3)35-30(41)25(17-21-8-5-4-6-9-21)36-29(40)23-12-14-33-15-13-23/h4-16,19-20,25-26H,17-18H2,1-3H3,(H,34,42)(H,35,41)(H,36,40)(H,37,39)(H2,32,43,44). The zero-order valence-corrected chi connectivity index (χ0v) is 25.8. The normalized spacial score (nSPS) is 13.2. The quantitative estimate of drug-likeness (QED) is 0.158. The second kappa shape index (κ2) is 15.7. The SMILES string of the molecule is CC(NC(=O)C(Cc1ccccc1)NC(=O)c1ccncc1)C(=O)NC(C(=O)C(=O)NCc1cccc(S(N)(=O)=O)c1)C(C)C. The van der Waals surface area contributed by atoms with E-state index in [0.717, 1.165) is 5.56 Å². The number of aromatic nitrogens is 1. The van der Waals surface area contributed by atoms with E-state index < -0.39 is 63.5 Å². The Balaban J connectivity index is 1.65. The number of sulfonamides is 1. The monoisotopic (exact) mass is 636 g/mol. The van der Waals surface area contributed by atoms with Gasteiger partial charge in [0.05, 0.1) is 10.9 Å². The molecule has 0 aliphatic carbocycles. The van der Waals surface area contributed by atoms with Crippen LogP contribution in [-0.2, 0) is 42.2 Å². The van der Waals surface area contributed by atoms with Crippen molar-refractivity contribution >= 4 is 39.4 Å². The number of amides is 4. The second-order valence-corrected chi connectivity index (χ2v) is 12.2.